The van der Waals surface area contributed by atoms with Crippen molar-refractivity contribution in [1.82, 2.24) is 15.3 Å². The lowest BCUT2D eigenvalue weighted by Crippen LogP contribution is -2.34. The molecule has 0 saturated heterocycles. The summed E-state index contributed by atoms with van der Waals surface area (Å²) < 4.78 is 0. The molecule has 28 heavy (non-hydrogen) atoms. The molecule has 1 atom stereocenters. The number of H-pyrrole nitrogens is 1. The smallest absolute Gasteiger partial charge is 0.110 e. The molecule has 0 saturated carbocycles. The molecule has 138 valence electrons. The van der Waals surface area contributed by atoms with Crippen LogP contribution in [0, 0.1) is 0 Å². The van der Waals surface area contributed by atoms with Crippen LogP contribution in [0.5, 0.6) is 0 Å². The van der Waals surface area contributed by atoms with Crippen molar-refractivity contribution in [3.8, 4) is 11.3 Å². The van der Waals surface area contributed by atoms with Gasteiger partial charge in [-0.1, -0.05) is 91.0 Å². The summed E-state index contributed by atoms with van der Waals surface area (Å²) in [4.78, 5) is 6.19. The summed E-state index contributed by atoms with van der Waals surface area (Å²) in [6.45, 7) is 1.20. The maximum Gasteiger partial charge on any atom is 0.110 e. The van der Waals surface area contributed by atoms with E-state index in [-0.39, 0.29) is 6.04 Å². The van der Waals surface area contributed by atoms with Gasteiger partial charge in [0, 0.05) is 11.1 Å². The highest BCUT2D eigenvalue weighted by atomic mass is 16.7. The van der Waals surface area contributed by atoms with Crippen LogP contribution < -0.4 is 0 Å². The molecule has 4 aromatic rings. The summed E-state index contributed by atoms with van der Waals surface area (Å²) in [5.41, 5.74) is 6.75. The normalized spacial score (nSPS) is 16.6. The van der Waals surface area contributed by atoms with Gasteiger partial charge in [-0.2, -0.15) is 10.2 Å². The minimum Gasteiger partial charge on any atom is -0.291 e. The first-order chi connectivity index (χ1) is 13.9. The van der Waals surface area contributed by atoms with Crippen LogP contribution in [-0.2, 0) is 18.0 Å². The fourth-order valence-corrected chi connectivity index (χ4v) is 3.84. The molecule has 2 heterocycles. The number of hydrogen-bond donors (Lipinski definition) is 1. The van der Waals surface area contributed by atoms with Gasteiger partial charge >= 0.3 is 0 Å². The Balaban J connectivity index is 1.62. The lowest BCUT2D eigenvalue weighted by molar-refractivity contribution is -0.208. The van der Waals surface area contributed by atoms with E-state index in [1.807, 2.05) is 18.2 Å². The Labute approximate surface area is 164 Å². The largest absolute Gasteiger partial charge is 0.291 e. The van der Waals surface area contributed by atoms with Gasteiger partial charge in [0.15, 0.2) is 0 Å². The summed E-state index contributed by atoms with van der Waals surface area (Å²) in [5.74, 6) is 0. The Morgan fingerprint density at radius 1 is 0.857 bits per heavy atom. The number of hydrogen-bond acceptors (Lipinski definition) is 3. The molecule has 5 rings (SSSR count). The van der Waals surface area contributed by atoms with Crippen molar-refractivity contribution in [3.63, 3.8) is 0 Å². The predicted octanol–water partition coefficient (Wildman–Crippen LogP) is 5.11. The zero-order valence-electron chi connectivity index (χ0n) is 15.5. The van der Waals surface area contributed by atoms with Crippen molar-refractivity contribution in [1.29, 1.82) is 0 Å². The number of benzene rings is 3. The number of nitrogens with zero attached hydrogens (tertiary/aromatic N) is 2. The first-order valence-corrected chi connectivity index (χ1v) is 9.51. The Bertz CT molecular complexity index is 1050. The molecule has 0 fully saturated rings. The Morgan fingerprint density at radius 2 is 1.50 bits per heavy atom. The van der Waals surface area contributed by atoms with Crippen LogP contribution in [0.4, 0.5) is 0 Å². The molecule has 4 heteroatoms. The summed E-state index contributed by atoms with van der Waals surface area (Å²) in [6, 6.07) is 31.3. The van der Waals surface area contributed by atoms with Gasteiger partial charge in [0.1, 0.15) is 6.61 Å². The second kappa shape index (κ2) is 7.43. The quantitative estimate of drug-likeness (QED) is 0.545. The zero-order chi connectivity index (χ0) is 18.8. The zero-order valence-corrected chi connectivity index (χ0v) is 15.5. The fourth-order valence-electron chi connectivity index (χ4n) is 3.84. The topological polar surface area (TPSA) is 41.1 Å². The van der Waals surface area contributed by atoms with Crippen molar-refractivity contribution in [3.05, 3.63) is 113 Å². The molecule has 0 radical (unpaired) electrons. The fraction of sp³-hybridized carbons (Fsp3) is 0.125. The van der Waals surface area contributed by atoms with Gasteiger partial charge in [0.2, 0.25) is 0 Å². The van der Waals surface area contributed by atoms with E-state index in [9.17, 15) is 0 Å². The Hall–Kier alpha value is -3.21. The Kier molecular flexibility index (Phi) is 4.49. The molecule has 0 aliphatic carbocycles. The van der Waals surface area contributed by atoms with E-state index in [0.717, 1.165) is 17.0 Å². The van der Waals surface area contributed by atoms with Crippen LogP contribution in [0.1, 0.15) is 28.4 Å². The highest BCUT2D eigenvalue weighted by Crippen LogP contribution is 2.41. The van der Waals surface area contributed by atoms with Crippen LogP contribution in [0.15, 0.2) is 91.0 Å². The predicted molar refractivity (Wildman–Crippen MR) is 109 cm³/mol. The standard InChI is InChI=1S/C24H21N3O/c1-4-10-18(11-5-1)16-27-24(20-14-8-3-9-15-20)22-21(17-28-27)25-26-23(22)19-12-6-2-7-13-19/h1-15,24H,16-17H2,(H,25,26)/t24-/m0/s1. The average molecular weight is 367 g/mol. The van der Waals surface area contributed by atoms with Crippen molar-refractivity contribution in [2.24, 2.45) is 0 Å². The third-order valence-electron chi connectivity index (χ3n) is 5.16. The molecular weight excluding hydrogens is 346 g/mol. The summed E-state index contributed by atoms with van der Waals surface area (Å²) in [5, 5.41) is 9.94. The van der Waals surface area contributed by atoms with E-state index >= 15 is 0 Å². The van der Waals surface area contributed by atoms with Gasteiger partial charge in [-0.05, 0) is 11.1 Å². The maximum absolute atomic E-state index is 6.19. The lowest BCUT2D eigenvalue weighted by Gasteiger charge is -2.35. The summed E-state index contributed by atoms with van der Waals surface area (Å²) in [7, 11) is 0. The molecule has 0 spiro atoms. The highest BCUT2D eigenvalue weighted by Gasteiger charge is 2.34. The van der Waals surface area contributed by atoms with Crippen molar-refractivity contribution in [2.45, 2.75) is 19.2 Å². The first-order valence-electron chi connectivity index (χ1n) is 9.51. The Morgan fingerprint density at radius 3 is 2.21 bits per heavy atom. The van der Waals surface area contributed by atoms with Crippen LogP contribution in [0.2, 0.25) is 0 Å². The SMILES string of the molecule is c1ccc(CN2OCc3[nH]nc(-c4ccccc4)c3[C@@H]2c2ccccc2)cc1. The lowest BCUT2D eigenvalue weighted by atomic mass is 9.92. The molecule has 3 aromatic carbocycles. The number of aromatic amines is 1. The molecule has 0 amide bonds. The molecule has 4 nitrogen and oxygen atoms in total. The number of aromatic nitrogens is 2. The monoisotopic (exact) mass is 367 g/mol. The van der Waals surface area contributed by atoms with E-state index in [0.29, 0.717) is 13.2 Å². The van der Waals surface area contributed by atoms with Crippen molar-refractivity contribution >= 4 is 0 Å². The number of nitrogens with one attached hydrogen (secondary N) is 1. The van der Waals surface area contributed by atoms with Crippen LogP contribution in [0.25, 0.3) is 11.3 Å². The minimum absolute atomic E-state index is 0.0286. The van der Waals surface area contributed by atoms with Gasteiger partial charge < -0.3 is 0 Å². The third-order valence-corrected chi connectivity index (χ3v) is 5.16. The summed E-state index contributed by atoms with van der Waals surface area (Å²) >= 11 is 0. The molecule has 1 aliphatic rings. The van der Waals surface area contributed by atoms with E-state index in [2.05, 4.69) is 88.1 Å². The summed E-state index contributed by atoms with van der Waals surface area (Å²) in [6.07, 6.45) is 0. The van der Waals surface area contributed by atoms with E-state index < -0.39 is 0 Å². The van der Waals surface area contributed by atoms with Gasteiger partial charge in [-0.25, -0.2) is 0 Å². The molecule has 1 N–H and O–H groups in total. The van der Waals surface area contributed by atoms with Gasteiger partial charge in [0.05, 0.1) is 24.0 Å². The molecule has 0 unspecified atom stereocenters. The van der Waals surface area contributed by atoms with Crippen LogP contribution in [-0.4, -0.2) is 15.3 Å². The van der Waals surface area contributed by atoms with Gasteiger partial charge in [0.25, 0.3) is 0 Å². The highest BCUT2D eigenvalue weighted by molar-refractivity contribution is 5.66. The minimum atomic E-state index is -0.0286. The number of rotatable bonds is 4. The maximum atomic E-state index is 6.19. The van der Waals surface area contributed by atoms with Crippen molar-refractivity contribution < 1.29 is 4.84 Å². The molecule has 0 bridgehead atoms. The number of hydroxylamine groups is 2. The van der Waals surface area contributed by atoms with Gasteiger partial charge in [-0.15, -0.1) is 0 Å². The van der Waals surface area contributed by atoms with Crippen molar-refractivity contribution in [2.75, 3.05) is 0 Å². The van der Waals surface area contributed by atoms with Gasteiger partial charge in [-0.3, -0.25) is 9.94 Å². The van der Waals surface area contributed by atoms with E-state index in [4.69, 9.17) is 4.84 Å². The van der Waals surface area contributed by atoms with E-state index in [1.54, 1.807) is 0 Å². The van der Waals surface area contributed by atoms with E-state index in [1.165, 1.54) is 16.7 Å². The van der Waals surface area contributed by atoms with Crippen LogP contribution in [0.3, 0.4) is 0 Å². The average Bonchev–Trinajstić information content (AvgIpc) is 3.20. The molecule has 1 aliphatic heterocycles. The first kappa shape index (κ1) is 16.9. The second-order valence-corrected chi connectivity index (χ2v) is 6.98. The molecule has 1 aromatic heterocycles. The third kappa shape index (κ3) is 3.13. The molecular formula is C24H21N3O. The number of fused-ring (bicyclic) bond motifs is 1. The van der Waals surface area contributed by atoms with Crippen LogP contribution >= 0.6 is 0 Å². The second-order valence-electron chi connectivity index (χ2n) is 6.98.